The average molecular weight is 366 g/mol. The van der Waals surface area contributed by atoms with Crippen molar-refractivity contribution in [3.63, 3.8) is 0 Å². The second-order valence-corrected chi connectivity index (χ2v) is 7.11. The molecule has 4 nitrogen and oxygen atoms in total. The molecular weight excluding hydrogens is 341 g/mol. The van der Waals surface area contributed by atoms with E-state index in [0.29, 0.717) is 11.8 Å². The lowest BCUT2D eigenvalue weighted by atomic mass is 9.96. The first-order valence-corrected chi connectivity index (χ1v) is 8.48. The number of hydrogen-bond donors (Lipinski definition) is 1. The van der Waals surface area contributed by atoms with Crippen molar-refractivity contribution in [2.75, 3.05) is 13.1 Å². The number of piperidine rings is 1. The third-order valence-electron chi connectivity index (χ3n) is 4.54. The Kier molecular flexibility index (Phi) is 7.59. The number of amides is 1. The van der Waals surface area contributed by atoms with Gasteiger partial charge in [0, 0.05) is 42.0 Å². The lowest BCUT2D eigenvalue weighted by molar-refractivity contribution is -0.136. The summed E-state index contributed by atoms with van der Waals surface area (Å²) in [5.74, 6) is 0.930. The maximum Gasteiger partial charge on any atom is 0.225 e. The van der Waals surface area contributed by atoms with E-state index in [0.717, 1.165) is 50.9 Å². The fourth-order valence-corrected chi connectivity index (χ4v) is 4.36. The van der Waals surface area contributed by atoms with Crippen molar-refractivity contribution in [3.05, 3.63) is 16.1 Å². The molecule has 2 N–H and O–H groups in total. The number of carbonyl (C=O) groups excluding carboxylic acids is 1. The number of aromatic nitrogens is 1. The highest BCUT2D eigenvalue weighted by atomic mass is 35.5. The molecule has 0 radical (unpaired) electrons. The molecule has 2 fully saturated rings. The van der Waals surface area contributed by atoms with E-state index in [-0.39, 0.29) is 36.8 Å². The Bertz CT molecular complexity index is 497. The summed E-state index contributed by atoms with van der Waals surface area (Å²) >= 11 is 1.73. The Morgan fingerprint density at radius 2 is 2.14 bits per heavy atom. The summed E-state index contributed by atoms with van der Waals surface area (Å²) in [4.78, 5) is 19.2. The lowest BCUT2D eigenvalue weighted by Gasteiger charge is -2.33. The van der Waals surface area contributed by atoms with Gasteiger partial charge in [-0.25, -0.2) is 4.98 Å². The number of halogens is 2. The highest BCUT2D eigenvalue weighted by Gasteiger charge is 2.34. The third-order valence-corrected chi connectivity index (χ3v) is 5.67. The average Bonchev–Trinajstić information content (AvgIpc) is 3.07. The zero-order valence-electron chi connectivity index (χ0n) is 12.9. The van der Waals surface area contributed by atoms with Gasteiger partial charge in [-0.05, 0) is 39.0 Å². The van der Waals surface area contributed by atoms with Crippen LogP contribution >= 0.6 is 36.2 Å². The molecule has 0 spiro atoms. The first kappa shape index (κ1) is 19.7. The number of aryl methyl sites for hydroxylation is 1. The standard InChI is InChI=1S/C15H23N3OS.2ClH/c1-10-9-20-14(17-10)12-3-2-6-18(8-12)15(19)11-4-5-13(16)7-11;;/h9,11-13H,2-8,16H2,1H3;2*1H. The van der Waals surface area contributed by atoms with Crippen molar-refractivity contribution in [2.24, 2.45) is 11.7 Å². The molecule has 1 aliphatic heterocycles. The summed E-state index contributed by atoms with van der Waals surface area (Å²) in [7, 11) is 0. The number of rotatable bonds is 2. The Morgan fingerprint density at radius 1 is 1.36 bits per heavy atom. The van der Waals surface area contributed by atoms with Gasteiger partial charge in [-0.2, -0.15) is 0 Å². The minimum absolute atomic E-state index is 0. The molecule has 3 rings (SSSR count). The van der Waals surface area contributed by atoms with Crippen LogP contribution in [0.1, 0.15) is 48.7 Å². The van der Waals surface area contributed by atoms with E-state index >= 15 is 0 Å². The molecule has 1 aromatic heterocycles. The molecule has 7 heteroatoms. The molecule has 3 unspecified atom stereocenters. The van der Waals surface area contributed by atoms with Gasteiger partial charge in [0.2, 0.25) is 5.91 Å². The van der Waals surface area contributed by atoms with Gasteiger partial charge >= 0.3 is 0 Å². The van der Waals surface area contributed by atoms with Crippen LogP contribution in [0.15, 0.2) is 5.38 Å². The molecule has 22 heavy (non-hydrogen) atoms. The van der Waals surface area contributed by atoms with Gasteiger partial charge in [-0.15, -0.1) is 36.2 Å². The zero-order valence-corrected chi connectivity index (χ0v) is 15.3. The van der Waals surface area contributed by atoms with Crippen LogP contribution in [0.2, 0.25) is 0 Å². The Hall–Kier alpha value is -0.360. The van der Waals surface area contributed by atoms with Crippen LogP contribution in [-0.2, 0) is 4.79 Å². The quantitative estimate of drug-likeness (QED) is 0.875. The fraction of sp³-hybridized carbons (Fsp3) is 0.733. The van der Waals surface area contributed by atoms with Crippen LogP contribution < -0.4 is 5.73 Å². The smallest absolute Gasteiger partial charge is 0.225 e. The Labute approximate surface area is 148 Å². The second-order valence-electron chi connectivity index (χ2n) is 6.22. The first-order chi connectivity index (χ1) is 9.63. The van der Waals surface area contributed by atoms with Gasteiger partial charge in [-0.1, -0.05) is 0 Å². The fourth-order valence-electron chi connectivity index (χ4n) is 3.44. The maximum atomic E-state index is 12.6. The van der Waals surface area contributed by atoms with Crippen molar-refractivity contribution in [3.8, 4) is 0 Å². The monoisotopic (exact) mass is 365 g/mol. The highest BCUT2D eigenvalue weighted by Crippen LogP contribution is 2.32. The van der Waals surface area contributed by atoms with Crippen molar-refractivity contribution < 1.29 is 4.79 Å². The number of thiazole rings is 1. The first-order valence-electron chi connectivity index (χ1n) is 7.60. The second kappa shape index (κ2) is 8.48. The van der Waals surface area contributed by atoms with Gasteiger partial charge in [0.15, 0.2) is 0 Å². The van der Waals surface area contributed by atoms with E-state index in [1.807, 2.05) is 6.92 Å². The van der Waals surface area contributed by atoms with Gasteiger partial charge < -0.3 is 10.6 Å². The summed E-state index contributed by atoms with van der Waals surface area (Å²) in [5.41, 5.74) is 7.03. The van der Waals surface area contributed by atoms with Crippen molar-refractivity contribution in [2.45, 2.75) is 51.0 Å². The topological polar surface area (TPSA) is 59.2 Å². The number of likely N-dealkylation sites (tertiary alicyclic amines) is 1. The highest BCUT2D eigenvalue weighted by molar-refractivity contribution is 7.09. The predicted octanol–water partition coefficient (Wildman–Crippen LogP) is 3.13. The van der Waals surface area contributed by atoms with Crippen LogP contribution in [0.4, 0.5) is 0 Å². The van der Waals surface area contributed by atoms with Gasteiger partial charge in [0.1, 0.15) is 0 Å². The Balaban J connectivity index is 0.00000121. The molecule has 1 amide bonds. The summed E-state index contributed by atoms with van der Waals surface area (Å²) in [6.45, 7) is 3.79. The molecule has 0 bridgehead atoms. The van der Waals surface area contributed by atoms with Crippen molar-refractivity contribution in [1.82, 2.24) is 9.88 Å². The normalized spacial score (nSPS) is 27.9. The minimum atomic E-state index is 0. The van der Waals surface area contributed by atoms with E-state index < -0.39 is 0 Å². The van der Waals surface area contributed by atoms with Crippen molar-refractivity contribution >= 4 is 42.1 Å². The van der Waals surface area contributed by atoms with Crippen LogP contribution in [0.25, 0.3) is 0 Å². The number of hydrogen-bond acceptors (Lipinski definition) is 4. The maximum absolute atomic E-state index is 12.6. The van der Waals surface area contributed by atoms with Gasteiger partial charge in [-0.3, -0.25) is 4.79 Å². The van der Waals surface area contributed by atoms with Crippen LogP contribution in [0.5, 0.6) is 0 Å². The SMILES string of the molecule is Cc1csc(C2CCCN(C(=O)C3CCC(N)C3)C2)n1.Cl.Cl. The molecule has 1 saturated carbocycles. The molecular formula is C15H25Cl2N3OS. The van der Waals surface area contributed by atoms with Gasteiger partial charge in [0.05, 0.1) is 5.01 Å². The summed E-state index contributed by atoms with van der Waals surface area (Å²) < 4.78 is 0. The Morgan fingerprint density at radius 3 is 2.73 bits per heavy atom. The summed E-state index contributed by atoms with van der Waals surface area (Å²) in [6, 6.07) is 0.228. The van der Waals surface area contributed by atoms with Crippen molar-refractivity contribution in [1.29, 1.82) is 0 Å². The number of nitrogens with two attached hydrogens (primary N) is 1. The van der Waals surface area contributed by atoms with Crippen LogP contribution in [0.3, 0.4) is 0 Å². The summed E-state index contributed by atoms with van der Waals surface area (Å²) in [6.07, 6.45) is 5.09. The van der Waals surface area contributed by atoms with E-state index in [2.05, 4.69) is 15.3 Å². The van der Waals surface area contributed by atoms with Crippen LogP contribution in [0, 0.1) is 12.8 Å². The minimum Gasteiger partial charge on any atom is -0.342 e. The van der Waals surface area contributed by atoms with Gasteiger partial charge in [0.25, 0.3) is 0 Å². The molecule has 0 aromatic carbocycles. The van der Waals surface area contributed by atoms with Crippen LogP contribution in [-0.4, -0.2) is 34.9 Å². The molecule has 2 heterocycles. The largest absolute Gasteiger partial charge is 0.342 e. The molecule has 3 atom stereocenters. The number of carbonyl (C=O) groups is 1. The lowest BCUT2D eigenvalue weighted by Crippen LogP contribution is -2.42. The molecule has 1 saturated heterocycles. The van der Waals surface area contributed by atoms with E-state index in [4.69, 9.17) is 5.73 Å². The zero-order chi connectivity index (χ0) is 14.1. The molecule has 2 aliphatic rings. The molecule has 126 valence electrons. The van der Waals surface area contributed by atoms with E-state index in [1.165, 1.54) is 5.01 Å². The van der Waals surface area contributed by atoms with E-state index in [9.17, 15) is 4.79 Å². The predicted molar refractivity (Wildman–Crippen MR) is 95.2 cm³/mol. The summed E-state index contributed by atoms with van der Waals surface area (Å²) in [5, 5.41) is 3.30. The molecule has 1 aliphatic carbocycles. The molecule has 1 aromatic rings. The third kappa shape index (κ3) is 4.34. The number of nitrogens with zero attached hydrogens (tertiary/aromatic N) is 2. The van der Waals surface area contributed by atoms with E-state index in [1.54, 1.807) is 11.3 Å².